The number of benzene rings is 2. The number of hydrogen-bond donors (Lipinski definition) is 2. The van der Waals surface area contributed by atoms with E-state index in [-0.39, 0.29) is 0 Å². The van der Waals surface area contributed by atoms with Crippen LogP contribution in [0.4, 0.5) is 17.8 Å². The minimum atomic E-state index is 0.352. The average molecular weight is 424 g/mol. The molecule has 0 aliphatic carbocycles. The van der Waals surface area contributed by atoms with Crippen LogP contribution in [-0.4, -0.2) is 47.5 Å². The zero-order chi connectivity index (χ0) is 20.6. The molecular formula is C21H22ClN7O. The summed E-state index contributed by atoms with van der Waals surface area (Å²) in [6.45, 7) is 3.35. The van der Waals surface area contributed by atoms with Gasteiger partial charge in [-0.25, -0.2) is 5.43 Å². The highest BCUT2D eigenvalue weighted by atomic mass is 35.5. The lowest BCUT2D eigenvalue weighted by Gasteiger charge is -2.27. The number of nitrogens with zero attached hydrogens (tertiary/aromatic N) is 5. The second kappa shape index (κ2) is 10.00. The predicted molar refractivity (Wildman–Crippen MR) is 119 cm³/mol. The average Bonchev–Trinajstić information content (AvgIpc) is 2.80. The van der Waals surface area contributed by atoms with Crippen molar-refractivity contribution in [2.45, 2.75) is 6.54 Å². The van der Waals surface area contributed by atoms with E-state index in [0.717, 1.165) is 24.2 Å². The Labute approximate surface area is 180 Å². The molecule has 0 atom stereocenters. The van der Waals surface area contributed by atoms with Gasteiger partial charge < -0.3 is 15.0 Å². The Balaban J connectivity index is 1.52. The van der Waals surface area contributed by atoms with Gasteiger partial charge in [0.1, 0.15) is 0 Å². The third-order valence-electron chi connectivity index (χ3n) is 4.48. The molecule has 0 amide bonds. The minimum absolute atomic E-state index is 0.352. The summed E-state index contributed by atoms with van der Waals surface area (Å²) in [5, 5.41) is 8.12. The summed E-state index contributed by atoms with van der Waals surface area (Å²) in [6, 6.07) is 17.5. The quantitative estimate of drug-likeness (QED) is 0.444. The molecule has 30 heavy (non-hydrogen) atoms. The van der Waals surface area contributed by atoms with Crippen molar-refractivity contribution in [1.29, 1.82) is 0 Å². The highest BCUT2D eigenvalue weighted by Crippen LogP contribution is 2.16. The zero-order valence-electron chi connectivity index (χ0n) is 16.3. The number of nitrogens with one attached hydrogen (secondary N) is 2. The van der Waals surface area contributed by atoms with E-state index >= 15 is 0 Å². The summed E-state index contributed by atoms with van der Waals surface area (Å²) >= 11 is 6.17. The van der Waals surface area contributed by atoms with E-state index in [1.54, 1.807) is 6.21 Å². The predicted octanol–water partition coefficient (Wildman–Crippen LogP) is 3.42. The highest BCUT2D eigenvalue weighted by Gasteiger charge is 2.16. The van der Waals surface area contributed by atoms with Crippen LogP contribution in [0.3, 0.4) is 0 Å². The molecule has 1 aliphatic heterocycles. The van der Waals surface area contributed by atoms with E-state index < -0.39 is 0 Å². The molecule has 1 aliphatic rings. The van der Waals surface area contributed by atoms with Gasteiger partial charge in [0.15, 0.2) is 0 Å². The molecule has 4 rings (SSSR count). The summed E-state index contributed by atoms with van der Waals surface area (Å²) in [5.74, 6) is 1.41. The largest absolute Gasteiger partial charge is 0.378 e. The molecule has 0 saturated carbocycles. The molecule has 9 heteroatoms. The van der Waals surface area contributed by atoms with Crippen molar-refractivity contribution in [2.75, 3.05) is 41.9 Å². The fourth-order valence-corrected chi connectivity index (χ4v) is 3.10. The Hall–Kier alpha value is -3.23. The summed E-state index contributed by atoms with van der Waals surface area (Å²) in [7, 11) is 0. The van der Waals surface area contributed by atoms with Gasteiger partial charge in [-0.05, 0) is 11.6 Å². The maximum Gasteiger partial charge on any atom is 0.250 e. The Bertz CT molecular complexity index is 994. The Kier molecular flexibility index (Phi) is 6.68. The molecule has 3 aromatic rings. The summed E-state index contributed by atoms with van der Waals surface area (Å²) in [4.78, 5) is 15.6. The van der Waals surface area contributed by atoms with Crippen molar-refractivity contribution < 1.29 is 4.74 Å². The smallest absolute Gasteiger partial charge is 0.250 e. The van der Waals surface area contributed by atoms with Gasteiger partial charge in [0.2, 0.25) is 17.8 Å². The lowest BCUT2D eigenvalue weighted by atomic mass is 10.2. The molecule has 154 valence electrons. The van der Waals surface area contributed by atoms with Crippen LogP contribution in [0.15, 0.2) is 59.7 Å². The van der Waals surface area contributed by atoms with Crippen LogP contribution < -0.4 is 15.6 Å². The number of hydrazone groups is 1. The van der Waals surface area contributed by atoms with Crippen molar-refractivity contribution >= 4 is 35.7 Å². The van der Waals surface area contributed by atoms with Crippen LogP contribution in [-0.2, 0) is 11.3 Å². The monoisotopic (exact) mass is 423 g/mol. The maximum atomic E-state index is 6.17. The number of anilines is 3. The third-order valence-corrected chi connectivity index (χ3v) is 4.83. The number of morpholine rings is 1. The number of rotatable bonds is 7. The van der Waals surface area contributed by atoms with Crippen LogP contribution in [0.5, 0.6) is 0 Å². The molecule has 0 bridgehead atoms. The van der Waals surface area contributed by atoms with Gasteiger partial charge in [0.25, 0.3) is 0 Å². The van der Waals surface area contributed by atoms with E-state index in [0.29, 0.717) is 42.6 Å². The molecular weight excluding hydrogens is 402 g/mol. The Morgan fingerprint density at radius 2 is 1.70 bits per heavy atom. The van der Waals surface area contributed by atoms with Crippen LogP contribution in [0.2, 0.25) is 5.02 Å². The molecule has 2 N–H and O–H groups in total. The second-order valence-electron chi connectivity index (χ2n) is 6.61. The molecule has 0 spiro atoms. The van der Waals surface area contributed by atoms with Crippen molar-refractivity contribution in [3.05, 3.63) is 70.7 Å². The zero-order valence-corrected chi connectivity index (χ0v) is 17.1. The minimum Gasteiger partial charge on any atom is -0.378 e. The van der Waals surface area contributed by atoms with Gasteiger partial charge in [0.05, 0.1) is 19.4 Å². The SMILES string of the molecule is Clc1ccccc1C=NNc1nc(NCc2ccccc2)nc(N2CCOCC2)n1. The number of aromatic nitrogens is 3. The normalized spacial score (nSPS) is 14.1. The highest BCUT2D eigenvalue weighted by molar-refractivity contribution is 6.33. The van der Waals surface area contributed by atoms with Gasteiger partial charge in [0, 0.05) is 30.2 Å². The molecule has 0 radical (unpaired) electrons. The van der Waals surface area contributed by atoms with Gasteiger partial charge in [-0.3, -0.25) is 0 Å². The van der Waals surface area contributed by atoms with Crippen molar-refractivity contribution in [2.24, 2.45) is 5.10 Å². The van der Waals surface area contributed by atoms with E-state index in [2.05, 4.69) is 35.7 Å². The first kappa shape index (κ1) is 20.1. The summed E-state index contributed by atoms with van der Waals surface area (Å²) < 4.78 is 5.43. The van der Waals surface area contributed by atoms with Crippen LogP contribution in [0, 0.1) is 0 Å². The van der Waals surface area contributed by atoms with Gasteiger partial charge in [-0.1, -0.05) is 60.1 Å². The lowest BCUT2D eigenvalue weighted by Crippen LogP contribution is -2.37. The molecule has 1 saturated heterocycles. The van der Waals surface area contributed by atoms with Gasteiger partial charge in [-0.2, -0.15) is 20.1 Å². The van der Waals surface area contributed by atoms with Gasteiger partial charge in [-0.15, -0.1) is 0 Å². The number of halogens is 1. The number of hydrogen-bond acceptors (Lipinski definition) is 8. The van der Waals surface area contributed by atoms with Gasteiger partial charge >= 0.3 is 0 Å². The third kappa shape index (κ3) is 5.43. The standard InChI is InChI=1S/C21H22ClN7O/c22-18-9-5-4-8-17(18)15-24-28-20-25-19(23-14-16-6-2-1-3-7-16)26-21(27-20)29-10-12-30-13-11-29/h1-9,15H,10-14H2,(H2,23,25,26,27,28). The fourth-order valence-electron chi connectivity index (χ4n) is 2.91. The maximum absolute atomic E-state index is 6.17. The first-order chi connectivity index (χ1) is 14.8. The molecule has 1 fully saturated rings. The first-order valence-corrected chi connectivity index (χ1v) is 10.1. The van der Waals surface area contributed by atoms with Crippen LogP contribution in [0.25, 0.3) is 0 Å². The fraction of sp³-hybridized carbons (Fsp3) is 0.238. The van der Waals surface area contributed by atoms with Crippen molar-refractivity contribution in [3.63, 3.8) is 0 Å². The van der Waals surface area contributed by atoms with Crippen LogP contribution in [0.1, 0.15) is 11.1 Å². The topological polar surface area (TPSA) is 87.6 Å². The summed E-state index contributed by atoms with van der Waals surface area (Å²) in [5.41, 5.74) is 4.83. The molecule has 1 aromatic heterocycles. The molecule has 2 heterocycles. The van der Waals surface area contributed by atoms with Crippen molar-refractivity contribution in [1.82, 2.24) is 15.0 Å². The van der Waals surface area contributed by atoms with Crippen molar-refractivity contribution in [3.8, 4) is 0 Å². The lowest BCUT2D eigenvalue weighted by molar-refractivity contribution is 0.122. The number of ether oxygens (including phenoxy) is 1. The van der Waals surface area contributed by atoms with E-state index in [9.17, 15) is 0 Å². The van der Waals surface area contributed by atoms with E-state index in [1.807, 2.05) is 54.6 Å². The van der Waals surface area contributed by atoms with Crippen LogP contribution >= 0.6 is 11.6 Å². The Morgan fingerprint density at radius 3 is 2.50 bits per heavy atom. The molecule has 8 nitrogen and oxygen atoms in total. The Morgan fingerprint density at radius 1 is 0.967 bits per heavy atom. The second-order valence-corrected chi connectivity index (χ2v) is 7.02. The first-order valence-electron chi connectivity index (χ1n) is 9.68. The molecule has 2 aromatic carbocycles. The molecule has 0 unspecified atom stereocenters. The van der Waals surface area contributed by atoms with E-state index in [4.69, 9.17) is 16.3 Å². The van der Waals surface area contributed by atoms with E-state index in [1.165, 1.54) is 0 Å². The summed E-state index contributed by atoms with van der Waals surface area (Å²) in [6.07, 6.45) is 1.64.